The molecule has 4 nitrogen and oxygen atoms in total. The number of carbonyl (C=O) groups is 1. The maximum atomic E-state index is 12.4. The lowest BCUT2D eigenvalue weighted by molar-refractivity contribution is 0.0784. The number of nitrogens with zero attached hydrogens (tertiary/aromatic N) is 2. The summed E-state index contributed by atoms with van der Waals surface area (Å²) in [4.78, 5) is 14.1. The van der Waals surface area contributed by atoms with Gasteiger partial charge in [-0.15, -0.1) is 0 Å². The number of hydrogen-bond donors (Lipinski definition) is 1. The number of H-pyrrole nitrogens is 1. The van der Waals surface area contributed by atoms with E-state index in [1.54, 1.807) is 11.1 Å². The Labute approximate surface area is 123 Å². The van der Waals surface area contributed by atoms with Gasteiger partial charge in [-0.05, 0) is 29.3 Å². The van der Waals surface area contributed by atoms with Gasteiger partial charge in [-0.1, -0.05) is 36.4 Å². The van der Waals surface area contributed by atoms with Gasteiger partial charge in [0.05, 0.1) is 11.8 Å². The Bertz CT molecular complexity index is 791. The highest BCUT2D eigenvalue weighted by molar-refractivity contribution is 5.94. The van der Waals surface area contributed by atoms with E-state index in [4.69, 9.17) is 0 Å². The fraction of sp³-hybridized carbons (Fsp3) is 0.176. The van der Waals surface area contributed by atoms with Crippen LogP contribution in [0.5, 0.6) is 0 Å². The molecule has 0 aliphatic heterocycles. The van der Waals surface area contributed by atoms with Gasteiger partial charge in [-0.25, -0.2) is 0 Å². The standard InChI is InChI=1S/C17H17N3O/c1-12-16(10-18-19-12)17(21)20(2)11-13-7-8-14-5-3-4-6-15(14)9-13/h3-10H,11H2,1-2H3,(H,18,19). The number of carbonyl (C=O) groups excluding carboxylic acids is 1. The Kier molecular flexibility index (Phi) is 3.44. The molecule has 3 aromatic rings. The zero-order valence-corrected chi connectivity index (χ0v) is 12.1. The predicted octanol–water partition coefficient (Wildman–Crippen LogP) is 3.14. The number of amides is 1. The molecule has 0 bridgehead atoms. The van der Waals surface area contributed by atoms with E-state index in [1.807, 2.05) is 26.1 Å². The highest BCUT2D eigenvalue weighted by Gasteiger charge is 2.15. The zero-order valence-electron chi connectivity index (χ0n) is 12.1. The van der Waals surface area contributed by atoms with Gasteiger partial charge < -0.3 is 4.90 Å². The van der Waals surface area contributed by atoms with Gasteiger partial charge in [-0.2, -0.15) is 5.10 Å². The minimum absolute atomic E-state index is 0.0191. The first-order chi connectivity index (χ1) is 10.1. The van der Waals surface area contributed by atoms with Crippen LogP contribution in [0.4, 0.5) is 0 Å². The number of aromatic nitrogens is 2. The van der Waals surface area contributed by atoms with Crippen LogP contribution in [0, 0.1) is 6.92 Å². The molecule has 0 atom stereocenters. The highest BCUT2D eigenvalue weighted by atomic mass is 16.2. The van der Waals surface area contributed by atoms with Crippen LogP contribution in [0.3, 0.4) is 0 Å². The molecule has 2 aromatic carbocycles. The number of fused-ring (bicyclic) bond motifs is 1. The minimum Gasteiger partial charge on any atom is -0.337 e. The normalized spacial score (nSPS) is 10.8. The molecule has 0 aliphatic carbocycles. The average Bonchev–Trinajstić information content (AvgIpc) is 2.92. The van der Waals surface area contributed by atoms with Crippen molar-refractivity contribution in [2.24, 2.45) is 0 Å². The van der Waals surface area contributed by atoms with Crippen LogP contribution in [0.2, 0.25) is 0 Å². The minimum atomic E-state index is -0.0191. The molecule has 0 saturated carbocycles. The molecule has 3 rings (SSSR count). The maximum absolute atomic E-state index is 12.4. The van der Waals surface area contributed by atoms with Gasteiger partial charge in [0.2, 0.25) is 0 Å². The first-order valence-electron chi connectivity index (χ1n) is 6.88. The van der Waals surface area contributed by atoms with Crippen molar-refractivity contribution in [2.45, 2.75) is 13.5 Å². The zero-order chi connectivity index (χ0) is 14.8. The van der Waals surface area contributed by atoms with Crippen LogP contribution >= 0.6 is 0 Å². The Hall–Kier alpha value is -2.62. The number of rotatable bonds is 3. The van der Waals surface area contributed by atoms with Crippen molar-refractivity contribution in [3.05, 3.63) is 65.5 Å². The third-order valence-electron chi connectivity index (χ3n) is 3.64. The molecule has 1 N–H and O–H groups in total. The van der Waals surface area contributed by atoms with Gasteiger partial charge in [-0.3, -0.25) is 9.89 Å². The Morgan fingerprint density at radius 3 is 2.67 bits per heavy atom. The predicted molar refractivity (Wildman–Crippen MR) is 83.1 cm³/mol. The van der Waals surface area contributed by atoms with Crippen LogP contribution in [0.15, 0.2) is 48.7 Å². The molecule has 0 spiro atoms. The van der Waals surface area contributed by atoms with Crippen molar-refractivity contribution in [3.8, 4) is 0 Å². The monoisotopic (exact) mass is 279 g/mol. The summed E-state index contributed by atoms with van der Waals surface area (Å²) in [6.07, 6.45) is 1.58. The van der Waals surface area contributed by atoms with Crippen LogP contribution in [-0.2, 0) is 6.54 Å². The molecule has 0 radical (unpaired) electrons. The quantitative estimate of drug-likeness (QED) is 0.800. The lowest BCUT2D eigenvalue weighted by Gasteiger charge is -2.17. The van der Waals surface area contributed by atoms with Gasteiger partial charge in [0, 0.05) is 19.3 Å². The molecule has 0 fully saturated rings. The van der Waals surface area contributed by atoms with Crippen LogP contribution in [0.1, 0.15) is 21.6 Å². The molecule has 0 saturated heterocycles. The van der Waals surface area contributed by atoms with E-state index in [-0.39, 0.29) is 5.91 Å². The number of aryl methyl sites for hydroxylation is 1. The van der Waals surface area contributed by atoms with Crippen molar-refractivity contribution in [3.63, 3.8) is 0 Å². The summed E-state index contributed by atoms with van der Waals surface area (Å²) in [5.74, 6) is -0.0191. The molecule has 1 heterocycles. The van der Waals surface area contributed by atoms with Crippen LogP contribution in [-0.4, -0.2) is 28.1 Å². The second-order valence-corrected chi connectivity index (χ2v) is 5.25. The van der Waals surface area contributed by atoms with Gasteiger partial charge in [0.15, 0.2) is 0 Å². The molecule has 21 heavy (non-hydrogen) atoms. The molecule has 0 aliphatic rings. The number of hydrogen-bond acceptors (Lipinski definition) is 2. The third kappa shape index (κ3) is 2.65. The first kappa shape index (κ1) is 13.4. The Morgan fingerprint density at radius 1 is 1.19 bits per heavy atom. The third-order valence-corrected chi connectivity index (χ3v) is 3.64. The topological polar surface area (TPSA) is 49.0 Å². The van der Waals surface area contributed by atoms with Gasteiger partial charge in [0.1, 0.15) is 0 Å². The van der Waals surface area contributed by atoms with E-state index < -0.39 is 0 Å². The van der Waals surface area contributed by atoms with E-state index in [0.29, 0.717) is 12.1 Å². The van der Waals surface area contributed by atoms with Crippen molar-refractivity contribution >= 4 is 16.7 Å². The Morgan fingerprint density at radius 2 is 1.95 bits per heavy atom. The average molecular weight is 279 g/mol. The summed E-state index contributed by atoms with van der Waals surface area (Å²) in [6, 6.07) is 14.5. The van der Waals surface area contributed by atoms with Crippen molar-refractivity contribution < 1.29 is 4.79 Å². The first-order valence-corrected chi connectivity index (χ1v) is 6.88. The molecule has 106 valence electrons. The van der Waals surface area contributed by atoms with E-state index >= 15 is 0 Å². The van der Waals surface area contributed by atoms with Gasteiger partial charge in [0.25, 0.3) is 5.91 Å². The second-order valence-electron chi connectivity index (χ2n) is 5.25. The number of aromatic amines is 1. The summed E-state index contributed by atoms with van der Waals surface area (Å²) < 4.78 is 0. The molecular weight excluding hydrogens is 262 g/mol. The van der Waals surface area contributed by atoms with Crippen molar-refractivity contribution in [1.29, 1.82) is 0 Å². The molecular formula is C17H17N3O. The Balaban J connectivity index is 1.81. The molecule has 1 amide bonds. The fourth-order valence-corrected chi connectivity index (χ4v) is 2.45. The van der Waals surface area contributed by atoms with E-state index in [1.165, 1.54) is 10.8 Å². The van der Waals surface area contributed by atoms with E-state index in [0.717, 1.165) is 11.3 Å². The van der Waals surface area contributed by atoms with E-state index in [2.05, 4.69) is 40.5 Å². The molecule has 0 unspecified atom stereocenters. The number of benzene rings is 2. The summed E-state index contributed by atoms with van der Waals surface area (Å²) >= 11 is 0. The molecule has 4 heteroatoms. The second kappa shape index (κ2) is 5.40. The maximum Gasteiger partial charge on any atom is 0.257 e. The molecule has 1 aromatic heterocycles. The highest BCUT2D eigenvalue weighted by Crippen LogP contribution is 2.17. The van der Waals surface area contributed by atoms with Gasteiger partial charge >= 0.3 is 0 Å². The SMILES string of the molecule is Cc1[nH]ncc1C(=O)N(C)Cc1ccc2ccccc2c1. The van der Waals surface area contributed by atoms with Crippen molar-refractivity contribution in [1.82, 2.24) is 15.1 Å². The smallest absolute Gasteiger partial charge is 0.257 e. The van der Waals surface area contributed by atoms with Crippen LogP contribution in [0.25, 0.3) is 10.8 Å². The summed E-state index contributed by atoms with van der Waals surface area (Å²) in [5.41, 5.74) is 2.54. The van der Waals surface area contributed by atoms with E-state index in [9.17, 15) is 4.79 Å². The summed E-state index contributed by atoms with van der Waals surface area (Å²) in [6.45, 7) is 2.43. The number of nitrogens with one attached hydrogen (secondary N) is 1. The lowest BCUT2D eigenvalue weighted by Crippen LogP contribution is -2.26. The lowest BCUT2D eigenvalue weighted by atomic mass is 10.1. The largest absolute Gasteiger partial charge is 0.337 e. The van der Waals surface area contributed by atoms with Crippen LogP contribution < -0.4 is 0 Å². The fourth-order valence-electron chi connectivity index (χ4n) is 2.45. The summed E-state index contributed by atoms with van der Waals surface area (Å²) in [5, 5.41) is 9.09. The summed E-state index contributed by atoms with van der Waals surface area (Å²) in [7, 11) is 1.81. The van der Waals surface area contributed by atoms with Crippen molar-refractivity contribution in [2.75, 3.05) is 7.05 Å².